The SMILES string of the molecule is CCn1ncc2cc3nc(c21)CCCOC[C@H](c1ccccc1)NC(=O)C3. The van der Waals surface area contributed by atoms with E-state index in [9.17, 15) is 4.79 Å². The van der Waals surface area contributed by atoms with Crippen molar-refractivity contribution in [3.05, 3.63) is 59.5 Å². The normalized spacial score (nSPS) is 18.6. The number of nitrogens with zero attached hydrogens (tertiary/aromatic N) is 3. The highest BCUT2D eigenvalue weighted by Crippen LogP contribution is 2.21. The Morgan fingerprint density at radius 1 is 1.30 bits per heavy atom. The van der Waals surface area contributed by atoms with Crippen LogP contribution in [-0.2, 0) is 28.9 Å². The Labute approximate surface area is 158 Å². The molecule has 0 radical (unpaired) electrons. The van der Waals surface area contributed by atoms with Crippen LogP contribution in [0.25, 0.3) is 10.9 Å². The van der Waals surface area contributed by atoms with E-state index in [4.69, 9.17) is 9.72 Å². The monoisotopic (exact) mass is 364 g/mol. The molecule has 0 saturated heterocycles. The third-order valence-electron chi connectivity index (χ3n) is 4.91. The predicted octanol–water partition coefficient (Wildman–Crippen LogP) is 2.81. The lowest BCUT2D eigenvalue weighted by molar-refractivity contribution is -0.121. The maximum Gasteiger partial charge on any atom is 0.226 e. The van der Waals surface area contributed by atoms with Gasteiger partial charge in [-0.1, -0.05) is 30.3 Å². The van der Waals surface area contributed by atoms with Gasteiger partial charge in [0.15, 0.2) is 0 Å². The lowest BCUT2D eigenvalue weighted by atomic mass is 10.1. The first kappa shape index (κ1) is 17.7. The van der Waals surface area contributed by atoms with Crippen LogP contribution in [0.2, 0.25) is 0 Å². The molecule has 1 atom stereocenters. The second kappa shape index (κ2) is 7.88. The first-order chi connectivity index (χ1) is 13.2. The van der Waals surface area contributed by atoms with Crippen molar-refractivity contribution < 1.29 is 9.53 Å². The molecule has 2 aromatic heterocycles. The highest BCUT2D eigenvalue weighted by Gasteiger charge is 2.18. The number of carbonyl (C=O) groups excluding carboxylic acids is 1. The molecule has 0 fully saturated rings. The molecular formula is C21H24N4O2. The number of hydrogen-bond acceptors (Lipinski definition) is 4. The van der Waals surface area contributed by atoms with Crippen LogP contribution in [0.3, 0.4) is 0 Å². The summed E-state index contributed by atoms with van der Waals surface area (Å²) in [6.07, 6.45) is 3.81. The summed E-state index contributed by atoms with van der Waals surface area (Å²) in [5.41, 5.74) is 3.91. The summed E-state index contributed by atoms with van der Waals surface area (Å²) in [6, 6.07) is 11.8. The van der Waals surface area contributed by atoms with Crippen molar-refractivity contribution in [2.24, 2.45) is 0 Å². The van der Waals surface area contributed by atoms with Gasteiger partial charge in [-0.15, -0.1) is 0 Å². The van der Waals surface area contributed by atoms with Crippen LogP contribution in [-0.4, -0.2) is 33.9 Å². The topological polar surface area (TPSA) is 69.0 Å². The molecule has 3 heterocycles. The maximum atomic E-state index is 12.7. The van der Waals surface area contributed by atoms with Crippen molar-refractivity contribution >= 4 is 16.8 Å². The van der Waals surface area contributed by atoms with Crippen molar-refractivity contribution in [1.82, 2.24) is 20.1 Å². The largest absolute Gasteiger partial charge is 0.379 e. The van der Waals surface area contributed by atoms with Crippen molar-refractivity contribution in [2.45, 2.75) is 38.8 Å². The van der Waals surface area contributed by atoms with E-state index in [-0.39, 0.29) is 18.4 Å². The fraction of sp³-hybridized carbons (Fsp3) is 0.381. The minimum atomic E-state index is -0.149. The van der Waals surface area contributed by atoms with E-state index >= 15 is 0 Å². The number of amides is 1. The molecule has 2 bridgehead atoms. The fourth-order valence-electron chi connectivity index (χ4n) is 3.62. The number of benzene rings is 1. The lowest BCUT2D eigenvalue weighted by Crippen LogP contribution is -2.33. The molecule has 1 N–H and O–H groups in total. The third-order valence-corrected chi connectivity index (χ3v) is 4.91. The number of ether oxygens (including phenoxy) is 1. The first-order valence-electron chi connectivity index (χ1n) is 9.51. The molecule has 0 spiro atoms. The molecule has 3 aromatic rings. The summed E-state index contributed by atoms with van der Waals surface area (Å²) in [5, 5.41) is 8.60. The summed E-state index contributed by atoms with van der Waals surface area (Å²) in [7, 11) is 0. The number of nitrogens with one attached hydrogen (secondary N) is 1. The molecule has 1 aliphatic heterocycles. The summed E-state index contributed by atoms with van der Waals surface area (Å²) >= 11 is 0. The number of fused-ring (bicyclic) bond motifs is 4. The smallest absolute Gasteiger partial charge is 0.226 e. The Balaban J connectivity index is 1.65. The van der Waals surface area contributed by atoms with Crippen molar-refractivity contribution in [1.29, 1.82) is 0 Å². The Kier molecular flexibility index (Phi) is 5.16. The van der Waals surface area contributed by atoms with Crippen LogP contribution in [0.15, 0.2) is 42.6 Å². The quantitative estimate of drug-likeness (QED) is 0.759. The number of rotatable bonds is 2. The Hall–Kier alpha value is -2.73. The van der Waals surface area contributed by atoms with Gasteiger partial charge in [0.2, 0.25) is 5.91 Å². The zero-order valence-corrected chi connectivity index (χ0v) is 15.5. The minimum absolute atomic E-state index is 0.0475. The van der Waals surface area contributed by atoms with Crippen LogP contribution < -0.4 is 5.32 Å². The maximum absolute atomic E-state index is 12.7. The van der Waals surface area contributed by atoms with Crippen molar-refractivity contribution in [3.8, 4) is 0 Å². The molecule has 6 heteroatoms. The van der Waals surface area contributed by atoms with Gasteiger partial charge in [0, 0.05) is 18.5 Å². The van der Waals surface area contributed by atoms with Crippen molar-refractivity contribution in [2.75, 3.05) is 13.2 Å². The van der Waals surface area contributed by atoms with Gasteiger partial charge in [-0.3, -0.25) is 14.5 Å². The van der Waals surface area contributed by atoms with Gasteiger partial charge in [0.05, 0.1) is 42.2 Å². The van der Waals surface area contributed by atoms with Crippen LogP contribution in [0, 0.1) is 0 Å². The van der Waals surface area contributed by atoms with E-state index in [1.165, 1.54) is 0 Å². The molecule has 140 valence electrons. The van der Waals surface area contributed by atoms with Crippen LogP contribution in [0.4, 0.5) is 0 Å². The number of pyridine rings is 1. The third kappa shape index (κ3) is 3.85. The van der Waals surface area contributed by atoms with Gasteiger partial charge >= 0.3 is 0 Å². The van der Waals surface area contributed by atoms with E-state index in [0.717, 1.165) is 47.2 Å². The number of hydrogen-bond donors (Lipinski definition) is 1. The standard InChI is InChI=1S/C21H24N4O2/c1-2-25-21-16(13-22-25)11-17-12-20(26)24-19(15-7-4-3-5-8-15)14-27-10-6-9-18(21)23-17/h3-5,7-8,11,13,19H,2,6,9-10,12,14H2,1H3,(H,24,26)/t19-/m1/s1. The molecule has 27 heavy (non-hydrogen) atoms. The van der Waals surface area contributed by atoms with Crippen LogP contribution in [0.5, 0.6) is 0 Å². The van der Waals surface area contributed by atoms with Gasteiger partial charge in [0.25, 0.3) is 0 Å². The van der Waals surface area contributed by atoms with E-state index in [1.54, 1.807) is 0 Å². The van der Waals surface area contributed by atoms with E-state index in [1.807, 2.05) is 47.3 Å². The van der Waals surface area contributed by atoms with Crippen LogP contribution >= 0.6 is 0 Å². The van der Waals surface area contributed by atoms with Gasteiger partial charge in [-0.05, 0) is 31.4 Å². The molecule has 0 aliphatic carbocycles. The second-order valence-electron chi connectivity index (χ2n) is 6.84. The number of aromatic nitrogens is 3. The Bertz CT molecular complexity index is 936. The zero-order chi connectivity index (χ0) is 18.6. The summed E-state index contributed by atoms with van der Waals surface area (Å²) in [4.78, 5) is 17.4. The molecule has 0 saturated carbocycles. The van der Waals surface area contributed by atoms with Gasteiger partial charge in [-0.2, -0.15) is 5.10 Å². The second-order valence-corrected chi connectivity index (χ2v) is 6.84. The van der Waals surface area contributed by atoms with E-state index in [0.29, 0.717) is 13.2 Å². The summed E-state index contributed by atoms with van der Waals surface area (Å²) < 4.78 is 7.85. The average molecular weight is 364 g/mol. The molecule has 4 rings (SSSR count). The Morgan fingerprint density at radius 2 is 2.15 bits per heavy atom. The van der Waals surface area contributed by atoms with E-state index < -0.39 is 0 Å². The minimum Gasteiger partial charge on any atom is -0.379 e. The average Bonchev–Trinajstić information content (AvgIpc) is 3.09. The Morgan fingerprint density at radius 3 is 2.96 bits per heavy atom. The molecule has 1 aromatic carbocycles. The van der Waals surface area contributed by atoms with Gasteiger partial charge in [-0.25, -0.2) is 0 Å². The predicted molar refractivity (Wildman–Crippen MR) is 103 cm³/mol. The van der Waals surface area contributed by atoms with Crippen molar-refractivity contribution in [3.63, 3.8) is 0 Å². The highest BCUT2D eigenvalue weighted by atomic mass is 16.5. The van der Waals surface area contributed by atoms with Gasteiger partial charge < -0.3 is 10.1 Å². The molecule has 6 nitrogen and oxygen atoms in total. The molecule has 0 unspecified atom stereocenters. The first-order valence-corrected chi connectivity index (χ1v) is 9.51. The lowest BCUT2D eigenvalue weighted by Gasteiger charge is -2.20. The van der Waals surface area contributed by atoms with Crippen LogP contribution in [0.1, 0.15) is 36.3 Å². The zero-order valence-electron chi connectivity index (χ0n) is 15.5. The van der Waals surface area contributed by atoms with Gasteiger partial charge in [0.1, 0.15) is 0 Å². The summed E-state index contributed by atoms with van der Waals surface area (Å²) in [5.74, 6) is -0.0475. The number of carbonyl (C=O) groups is 1. The van der Waals surface area contributed by atoms with E-state index in [2.05, 4.69) is 17.3 Å². The number of aryl methyl sites for hydroxylation is 2. The highest BCUT2D eigenvalue weighted by molar-refractivity contribution is 5.84. The fourth-order valence-corrected chi connectivity index (χ4v) is 3.62. The summed E-state index contributed by atoms with van der Waals surface area (Å²) in [6.45, 7) is 3.97. The molecule has 1 amide bonds. The molecule has 1 aliphatic rings. The molecular weight excluding hydrogens is 340 g/mol.